The van der Waals surface area contributed by atoms with Crippen molar-refractivity contribution in [3.8, 4) is 0 Å². The lowest BCUT2D eigenvalue weighted by molar-refractivity contribution is -0.123. The van der Waals surface area contributed by atoms with Gasteiger partial charge in [-0.25, -0.2) is 0 Å². The summed E-state index contributed by atoms with van der Waals surface area (Å²) in [6.07, 6.45) is 7.72. The highest BCUT2D eigenvalue weighted by molar-refractivity contribution is 5.81. The first-order chi connectivity index (χ1) is 8.36. The number of nitrogens with zero attached hydrogens (tertiary/aromatic N) is 1. The van der Waals surface area contributed by atoms with Crippen molar-refractivity contribution < 1.29 is 4.79 Å². The minimum atomic E-state index is 0.0117. The number of amides is 1. The monoisotopic (exact) mass is 233 g/mol. The maximum absolute atomic E-state index is 11.8. The van der Waals surface area contributed by atoms with Crippen molar-refractivity contribution in [1.82, 2.24) is 15.6 Å². The topological polar surface area (TPSA) is 54.0 Å². The van der Waals surface area contributed by atoms with Gasteiger partial charge in [-0.2, -0.15) is 0 Å². The quantitative estimate of drug-likeness (QED) is 0.812. The molecule has 1 aliphatic heterocycles. The third kappa shape index (κ3) is 3.82. The van der Waals surface area contributed by atoms with E-state index in [2.05, 4.69) is 15.6 Å². The zero-order valence-electron chi connectivity index (χ0n) is 9.98. The average molecular weight is 233 g/mol. The highest BCUT2D eigenvalue weighted by atomic mass is 16.2. The van der Waals surface area contributed by atoms with E-state index in [1.165, 1.54) is 6.42 Å². The standard InChI is InChI=1S/C13H19N3O/c17-13(12-5-1-2-8-15-12)16-9-6-11-4-3-7-14-10-11/h3-4,7,10,12,15H,1-2,5-6,8-9H2,(H,16,17). The Hall–Kier alpha value is -1.42. The van der Waals surface area contributed by atoms with Gasteiger partial charge < -0.3 is 10.6 Å². The van der Waals surface area contributed by atoms with Gasteiger partial charge in [-0.3, -0.25) is 9.78 Å². The zero-order chi connectivity index (χ0) is 11.9. The average Bonchev–Trinajstić information content (AvgIpc) is 2.41. The Labute approximate surface area is 102 Å². The number of piperidine rings is 1. The van der Waals surface area contributed by atoms with Crippen LogP contribution in [0.1, 0.15) is 24.8 Å². The number of aromatic nitrogens is 1. The molecule has 0 aromatic carbocycles. The molecule has 1 fully saturated rings. The molecule has 2 N–H and O–H groups in total. The molecule has 17 heavy (non-hydrogen) atoms. The number of rotatable bonds is 4. The summed E-state index contributed by atoms with van der Waals surface area (Å²) in [5, 5.41) is 6.21. The fraction of sp³-hybridized carbons (Fsp3) is 0.538. The van der Waals surface area contributed by atoms with Gasteiger partial charge in [0.2, 0.25) is 5.91 Å². The van der Waals surface area contributed by atoms with E-state index in [0.717, 1.165) is 31.4 Å². The maximum atomic E-state index is 11.8. The highest BCUT2D eigenvalue weighted by Crippen LogP contribution is 2.06. The minimum absolute atomic E-state index is 0.0117. The molecule has 2 rings (SSSR count). The molecule has 1 saturated heterocycles. The van der Waals surface area contributed by atoms with Crippen LogP contribution in [0.5, 0.6) is 0 Å². The van der Waals surface area contributed by atoms with E-state index in [9.17, 15) is 4.79 Å². The predicted octanol–water partition coefficient (Wildman–Crippen LogP) is 0.882. The Kier molecular flexibility index (Phi) is 4.50. The summed E-state index contributed by atoms with van der Waals surface area (Å²) >= 11 is 0. The second kappa shape index (κ2) is 6.35. The highest BCUT2D eigenvalue weighted by Gasteiger charge is 2.19. The van der Waals surface area contributed by atoms with Gasteiger partial charge in [-0.05, 0) is 37.4 Å². The molecule has 1 atom stereocenters. The summed E-state index contributed by atoms with van der Waals surface area (Å²) in [5.41, 5.74) is 1.16. The van der Waals surface area contributed by atoms with Crippen molar-refractivity contribution >= 4 is 5.91 Å². The molecule has 1 aromatic heterocycles. The van der Waals surface area contributed by atoms with Crippen LogP contribution in [0.25, 0.3) is 0 Å². The van der Waals surface area contributed by atoms with E-state index in [0.29, 0.717) is 6.54 Å². The molecule has 0 spiro atoms. The van der Waals surface area contributed by atoms with Crippen LogP contribution >= 0.6 is 0 Å². The second-order valence-electron chi connectivity index (χ2n) is 4.40. The van der Waals surface area contributed by atoms with Gasteiger partial charge in [0.25, 0.3) is 0 Å². The summed E-state index contributed by atoms with van der Waals surface area (Å²) < 4.78 is 0. The van der Waals surface area contributed by atoms with Crippen molar-refractivity contribution in [2.75, 3.05) is 13.1 Å². The summed E-state index contributed by atoms with van der Waals surface area (Å²) in [6.45, 7) is 1.64. The molecule has 0 bridgehead atoms. The van der Waals surface area contributed by atoms with Crippen LogP contribution in [-0.4, -0.2) is 30.0 Å². The van der Waals surface area contributed by atoms with E-state index >= 15 is 0 Å². The van der Waals surface area contributed by atoms with Gasteiger partial charge in [0, 0.05) is 18.9 Å². The van der Waals surface area contributed by atoms with Crippen LogP contribution in [0.15, 0.2) is 24.5 Å². The molecule has 1 aromatic rings. The lowest BCUT2D eigenvalue weighted by Gasteiger charge is -2.22. The van der Waals surface area contributed by atoms with Crippen molar-refractivity contribution in [2.45, 2.75) is 31.7 Å². The first kappa shape index (κ1) is 12.0. The number of carbonyl (C=O) groups excluding carboxylic acids is 1. The largest absolute Gasteiger partial charge is 0.354 e. The van der Waals surface area contributed by atoms with Gasteiger partial charge in [-0.1, -0.05) is 12.5 Å². The summed E-state index contributed by atoms with van der Waals surface area (Å²) in [5.74, 6) is 0.133. The number of hydrogen-bond acceptors (Lipinski definition) is 3. The molecule has 0 radical (unpaired) electrons. The number of nitrogens with one attached hydrogen (secondary N) is 2. The Morgan fingerprint density at radius 2 is 2.47 bits per heavy atom. The fourth-order valence-corrected chi connectivity index (χ4v) is 2.07. The predicted molar refractivity (Wildman–Crippen MR) is 66.6 cm³/mol. The molecule has 4 nitrogen and oxygen atoms in total. The summed E-state index contributed by atoms with van der Waals surface area (Å²) in [6, 6.07) is 3.95. The summed E-state index contributed by atoms with van der Waals surface area (Å²) in [4.78, 5) is 15.8. The maximum Gasteiger partial charge on any atom is 0.237 e. The third-order valence-corrected chi connectivity index (χ3v) is 3.06. The zero-order valence-corrected chi connectivity index (χ0v) is 9.98. The molecule has 1 unspecified atom stereocenters. The van der Waals surface area contributed by atoms with Crippen molar-refractivity contribution in [2.24, 2.45) is 0 Å². The van der Waals surface area contributed by atoms with Crippen LogP contribution in [0.4, 0.5) is 0 Å². The Morgan fingerprint density at radius 3 is 3.18 bits per heavy atom. The van der Waals surface area contributed by atoms with E-state index in [4.69, 9.17) is 0 Å². The van der Waals surface area contributed by atoms with Crippen LogP contribution in [0.2, 0.25) is 0 Å². The molecule has 4 heteroatoms. The number of hydrogen-bond donors (Lipinski definition) is 2. The fourth-order valence-electron chi connectivity index (χ4n) is 2.07. The smallest absolute Gasteiger partial charge is 0.237 e. The molecular formula is C13H19N3O. The lowest BCUT2D eigenvalue weighted by atomic mass is 10.0. The van der Waals surface area contributed by atoms with Gasteiger partial charge in [0.05, 0.1) is 6.04 Å². The lowest BCUT2D eigenvalue weighted by Crippen LogP contribution is -2.47. The normalized spacial score (nSPS) is 19.9. The van der Waals surface area contributed by atoms with E-state index in [1.807, 2.05) is 18.3 Å². The Balaban J connectivity index is 1.69. The molecule has 0 aliphatic carbocycles. The SMILES string of the molecule is O=C(NCCc1cccnc1)C1CCCCN1. The number of carbonyl (C=O) groups is 1. The van der Waals surface area contributed by atoms with Crippen molar-refractivity contribution in [1.29, 1.82) is 0 Å². The third-order valence-electron chi connectivity index (χ3n) is 3.06. The first-order valence-corrected chi connectivity index (χ1v) is 6.26. The van der Waals surface area contributed by atoms with Gasteiger partial charge >= 0.3 is 0 Å². The van der Waals surface area contributed by atoms with E-state index < -0.39 is 0 Å². The molecule has 2 heterocycles. The van der Waals surface area contributed by atoms with Crippen LogP contribution in [0.3, 0.4) is 0 Å². The molecule has 1 aliphatic rings. The van der Waals surface area contributed by atoms with Gasteiger partial charge in [0.15, 0.2) is 0 Å². The molecular weight excluding hydrogens is 214 g/mol. The molecule has 1 amide bonds. The first-order valence-electron chi connectivity index (χ1n) is 6.26. The van der Waals surface area contributed by atoms with E-state index in [1.54, 1.807) is 6.20 Å². The number of pyridine rings is 1. The molecule has 0 saturated carbocycles. The Bertz CT molecular complexity index is 347. The van der Waals surface area contributed by atoms with Gasteiger partial charge in [0.1, 0.15) is 0 Å². The van der Waals surface area contributed by atoms with Crippen molar-refractivity contribution in [3.63, 3.8) is 0 Å². The minimum Gasteiger partial charge on any atom is -0.354 e. The van der Waals surface area contributed by atoms with Crippen molar-refractivity contribution in [3.05, 3.63) is 30.1 Å². The summed E-state index contributed by atoms with van der Waals surface area (Å²) in [7, 11) is 0. The van der Waals surface area contributed by atoms with Gasteiger partial charge in [-0.15, -0.1) is 0 Å². The van der Waals surface area contributed by atoms with Crippen LogP contribution in [0, 0.1) is 0 Å². The van der Waals surface area contributed by atoms with Crippen LogP contribution < -0.4 is 10.6 Å². The second-order valence-corrected chi connectivity index (χ2v) is 4.40. The molecule has 92 valence electrons. The van der Waals surface area contributed by atoms with E-state index in [-0.39, 0.29) is 11.9 Å². The Morgan fingerprint density at radius 1 is 1.53 bits per heavy atom. The van der Waals surface area contributed by atoms with Crippen LogP contribution in [-0.2, 0) is 11.2 Å².